The molecule has 0 aliphatic heterocycles. The Morgan fingerprint density at radius 3 is 1.50 bits per heavy atom. The van der Waals surface area contributed by atoms with Gasteiger partial charge in [-0.15, -0.1) is 0 Å². The van der Waals surface area contributed by atoms with Crippen LogP contribution in [0.2, 0.25) is 0 Å². The van der Waals surface area contributed by atoms with Crippen molar-refractivity contribution in [2.75, 3.05) is 19.8 Å². The highest BCUT2D eigenvalue weighted by atomic mass is 16.6. The predicted octanol–water partition coefficient (Wildman–Crippen LogP) is 10.3. The molecule has 0 aromatic heterocycles. The first kappa shape index (κ1) is 37.1. The third-order valence-corrected chi connectivity index (χ3v) is 7.34. The van der Waals surface area contributed by atoms with Crippen LogP contribution in [0.25, 0.3) is 0 Å². The second-order valence-electron chi connectivity index (χ2n) is 11.2. The Kier molecular flexibility index (Phi) is 31.6. The minimum atomic E-state index is -0.524. The van der Waals surface area contributed by atoms with E-state index in [1.165, 1.54) is 122 Å². The second-order valence-corrected chi connectivity index (χ2v) is 11.2. The smallest absolute Gasteiger partial charge is 0.306 e. The van der Waals surface area contributed by atoms with Crippen LogP contribution in [0.1, 0.15) is 174 Å². The number of aliphatic hydroxyl groups excluding tert-OH is 1. The van der Waals surface area contributed by atoms with Crippen LogP contribution in [0.5, 0.6) is 0 Å². The lowest BCUT2D eigenvalue weighted by Crippen LogP contribution is -2.27. The molecule has 0 heterocycles. The number of ether oxygens (including phenoxy) is 2. The van der Waals surface area contributed by atoms with Crippen molar-refractivity contribution in [1.29, 1.82) is 0 Å². The van der Waals surface area contributed by atoms with Gasteiger partial charge in [0.05, 0.1) is 13.2 Å². The first-order valence-electron chi connectivity index (χ1n) is 16.8. The molecule has 1 unspecified atom stereocenters. The highest BCUT2D eigenvalue weighted by Gasteiger charge is 2.13. The summed E-state index contributed by atoms with van der Waals surface area (Å²) in [7, 11) is 0. The Hall–Kier alpha value is -0.870. The summed E-state index contributed by atoms with van der Waals surface area (Å²) in [5.41, 5.74) is 0. The van der Waals surface area contributed by atoms with E-state index in [1.807, 2.05) is 0 Å². The van der Waals surface area contributed by atoms with E-state index in [1.54, 1.807) is 0 Å². The maximum absolute atomic E-state index is 11.8. The van der Waals surface area contributed by atoms with Crippen LogP contribution in [0.3, 0.4) is 0 Å². The van der Waals surface area contributed by atoms with E-state index in [-0.39, 0.29) is 12.6 Å². The van der Waals surface area contributed by atoms with Gasteiger partial charge in [-0.1, -0.05) is 142 Å². The number of hydrogen-bond acceptors (Lipinski definition) is 4. The third-order valence-electron chi connectivity index (χ3n) is 7.34. The van der Waals surface area contributed by atoms with Crippen LogP contribution in [0.4, 0.5) is 0 Å². The van der Waals surface area contributed by atoms with Crippen molar-refractivity contribution in [3.63, 3.8) is 0 Å². The van der Waals surface area contributed by atoms with Crippen LogP contribution in [0, 0.1) is 0 Å². The van der Waals surface area contributed by atoms with Gasteiger partial charge in [0, 0.05) is 13.0 Å². The number of unbranched alkanes of at least 4 members (excludes halogenated alkanes) is 21. The molecule has 0 amide bonds. The Morgan fingerprint density at radius 2 is 1.03 bits per heavy atom. The molecule has 226 valence electrons. The zero-order valence-corrected chi connectivity index (χ0v) is 25.7. The fourth-order valence-electron chi connectivity index (χ4n) is 4.79. The minimum Gasteiger partial charge on any atom is -0.457 e. The van der Waals surface area contributed by atoms with Crippen molar-refractivity contribution in [2.45, 2.75) is 180 Å². The molecule has 1 atom stereocenters. The zero-order chi connectivity index (χ0) is 27.8. The van der Waals surface area contributed by atoms with E-state index in [0.717, 1.165) is 32.1 Å². The molecule has 0 saturated heterocycles. The number of carbonyl (C=O) groups is 1. The lowest BCUT2D eigenvalue weighted by molar-refractivity contribution is -0.154. The van der Waals surface area contributed by atoms with Crippen LogP contribution >= 0.6 is 0 Å². The monoisotopic (exact) mass is 538 g/mol. The first-order chi connectivity index (χ1) is 18.7. The van der Waals surface area contributed by atoms with E-state index in [2.05, 4.69) is 26.0 Å². The summed E-state index contributed by atoms with van der Waals surface area (Å²) in [5, 5.41) is 9.41. The van der Waals surface area contributed by atoms with Crippen molar-refractivity contribution < 1.29 is 19.4 Å². The molecular weight excluding hydrogens is 472 g/mol. The number of carbonyl (C=O) groups excluding carboxylic acids is 1. The van der Waals surface area contributed by atoms with Crippen molar-refractivity contribution >= 4 is 5.97 Å². The molecule has 0 aromatic rings. The summed E-state index contributed by atoms with van der Waals surface area (Å²) in [5.74, 6) is -0.218. The molecule has 0 radical (unpaired) electrons. The van der Waals surface area contributed by atoms with Gasteiger partial charge in [-0.05, 0) is 38.5 Å². The molecule has 4 heteroatoms. The summed E-state index contributed by atoms with van der Waals surface area (Å²) >= 11 is 0. The quantitative estimate of drug-likeness (QED) is 0.0542. The van der Waals surface area contributed by atoms with Crippen molar-refractivity contribution in [2.24, 2.45) is 0 Å². The SMILES string of the molecule is CCCCCCCCCC/C=C\CCCCCCCCCCCCOCC(CO)OC(=O)CCCCCC. The average Bonchev–Trinajstić information content (AvgIpc) is 2.92. The number of rotatable bonds is 31. The Labute approximate surface area is 237 Å². The van der Waals surface area contributed by atoms with Gasteiger partial charge in [0.15, 0.2) is 0 Å². The lowest BCUT2D eigenvalue weighted by atomic mass is 10.1. The van der Waals surface area contributed by atoms with Gasteiger partial charge in [-0.2, -0.15) is 0 Å². The maximum atomic E-state index is 11.8. The molecule has 1 N–H and O–H groups in total. The summed E-state index contributed by atoms with van der Waals surface area (Å²) < 4.78 is 10.9. The van der Waals surface area contributed by atoms with E-state index in [4.69, 9.17) is 9.47 Å². The molecule has 4 nitrogen and oxygen atoms in total. The van der Waals surface area contributed by atoms with E-state index >= 15 is 0 Å². The van der Waals surface area contributed by atoms with Gasteiger partial charge in [-0.3, -0.25) is 4.79 Å². The van der Waals surface area contributed by atoms with E-state index in [9.17, 15) is 9.90 Å². The highest BCUT2D eigenvalue weighted by Crippen LogP contribution is 2.13. The fraction of sp³-hybridized carbons (Fsp3) is 0.912. The number of esters is 1. The van der Waals surface area contributed by atoms with E-state index in [0.29, 0.717) is 19.6 Å². The van der Waals surface area contributed by atoms with Gasteiger partial charge < -0.3 is 14.6 Å². The summed E-state index contributed by atoms with van der Waals surface area (Å²) in [4.78, 5) is 11.8. The van der Waals surface area contributed by atoms with Gasteiger partial charge in [-0.25, -0.2) is 0 Å². The van der Waals surface area contributed by atoms with Crippen LogP contribution in [-0.4, -0.2) is 37.0 Å². The molecule has 0 spiro atoms. The number of hydrogen-bond donors (Lipinski definition) is 1. The summed E-state index contributed by atoms with van der Waals surface area (Å²) in [6, 6.07) is 0. The molecule has 0 aliphatic carbocycles. The fourth-order valence-corrected chi connectivity index (χ4v) is 4.79. The standard InChI is InChI=1S/C34H66O4/c1-3-5-7-9-10-11-12-13-14-15-16-17-18-19-20-21-22-23-24-25-26-28-30-37-32-33(31-35)38-34(36)29-27-8-6-4-2/h15-16,33,35H,3-14,17-32H2,1-2H3/b16-15-. The van der Waals surface area contributed by atoms with Gasteiger partial charge in [0.25, 0.3) is 0 Å². The van der Waals surface area contributed by atoms with Crippen LogP contribution < -0.4 is 0 Å². The molecule has 38 heavy (non-hydrogen) atoms. The molecule has 0 rings (SSSR count). The molecule has 0 fully saturated rings. The summed E-state index contributed by atoms with van der Waals surface area (Å²) in [6.07, 6.45) is 35.8. The normalized spacial score (nSPS) is 12.4. The van der Waals surface area contributed by atoms with Gasteiger partial charge in [0.1, 0.15) is 6.10 Å². The zero-order valence-electron chi connectivity index (χ0n) is 25.7. The van der Waals surface area contributed by atoms with Crippen molar-refractivity contribution in [3.05, 3.63) is 12.2 Å². The van der Waals surface area contributed by atoms with Gasteiger partial charge in [0.2, 0.25) is 0 Å². The van der Waals surface area contributed by atoms with Crippen LogP contribution in [-0.2, 0) is 14.3 Å². The largest absolute Gasteiger partial charge is 0.457 e. The first-order valence-corrected chi connectivity index (χ1v) is 16.8. The second kappa shape index (κ2) is 32.3. The predicted molar refractivity (Wildman–Crippen MR) is 164 cm³/mol. The number of allylic oxidation sites excluding steroid dienone is 2. The Bertz CT molecular complexity index is 491. The molecule has 0 aliphatic rings. The molecule has 0 bridgehead atoms. The minimum absolute atomic E-state index is 0.170. The van der Waals surface area contributed by atoms with E-state index < -0.39 is 6.10 Å². The highest BCUT2D eigenvalue weighted by molar-refractivity contribution is 5.69. The number of aliphatic hydroxyl groups is 1. The van der Waals surface area contributed by atoms with Crippen molar-refractivity contribution in [1.82, 2.24) is 0 Å². The molecule has 0 saturated carbocycles. The summed E-state index contributed by atoms with van der Waals surface area (Å²) in [6.45, 7) is 5.24. The lowest BCUT2D eigenvalue weighted by Gasteiger charge is -2.15. The Balaban J connectivity index is 3.30. The molecular formula is C34H66O4. The maximum Gasteiger partial charge on any atom is 0.306 e. The van der Waals surface area contributed by atoms with Crippen molar-refractivity contribution in [3.8, 4) is 0 Å². The van der Waals surface area contributed by atoms with Gasteiger partial charge >= 0.3 is 5.97 Å². The average molecular weight is 539 g/mol. The molecule has 0 aromatic carbocycles. The Morgan fingerprint density at radius 1 is 0.605 bits per heavy atom. The third kappa shape index (κ3) is 29.7. The topological polar surface area (TPSA) is 55.8 Å². The van der Waals surface area contributed by atoms with Crippen LogP contribution in [0.15, 0.2) is 12.2 Å².